The molecule has 10 radical (unpaired) electrons. The Kier molecular flexibility index (Phi) is 6.06. The summed E-state index contributed by atoms with van der Waals surface area (Å²) >= 11 is 0. The minimum Gasteiger partial charge on any atom is -0.331 e. The number of carbonyl (C=O) groups excluding carboxylic acids is 1. The lowest BCUT2D eigenvalue weighted by atomic mass is 9.60. The third kappa shape index (κ3) is 4.27. The van der Waals surface area contributed by atoms with Gasteiger partial charge in [0.05, 0.1) is 17.4 Å². The number of nitrogens with zero attached hydrogens (tertiary/aromatic N) is 4. The van der Waals surface area contributed by atoms with Crippen LogP contribution in [0.4, 0.5) is 5.95 Å². The van der Waals surface area contributed by atoms with Crippen LogP contribution in [0.5, 0.6) is 0 Å². The van der Waals surface area contributed by atoms with E-state index in [2.05, 4.69) is 20.3 Å². The van der Waals surface area contributed by atoms with E-state index >= 15 is 0 Å². The molecule has 4 rings (SSSR count). The smallest absolute Gasteiger partial charge is 0.250 e. The maximum Gasteiger partial charge on any atom is 0.250 e. The second-order valence-corrected chi connectivity index (χ2v) is 7.52. The van der Waals surface area contributed by atoms with E-state index in [9.17, 15) is 4.79 Å². The molecule has 2 aromatic carbocycles. The van der Waals surface area contributed by atoms with Crippen LogP contribution in [0.2, 0.25) is 0 Å². The van der Waals surface area contributed by atoms with Gasteiger partial charge in [0.1, 0.15) is 45.1 Å². The van der Waals surface area contributed by atoms with Gasteiger partial charge >= 0.3 is 0 Å². The molecule has 11 heteroatoms. The van der Waals surface area contributed by atoms with E-state index in [-0.39, 0.29) is 33.3 Å². The summed E-state index contributed by atoms with van der Waals surface area (Å²) in [5, 5.41) is 3.46. The summed E-state index contributed by atoms with van der Waals surface area (Å²) in [6.45, 7) is 1.93. The molecule has 0 saturated carbocycles. The first kappa shape index (κ1) is 22.7. The van der Waals surface area contributed by atoms with E-state index in [1.165, 1.54) is 12.2 Å². The van der Waals surface area contributed by atoms with Gasteiger partial charge in [0.15, 0.2) is 0 Å². The molecule has 33 heavy (non-hydrogen) atoms. The number of nitrogens with one attached hydrogen (secondary N) is 1. The lowest BCUT2D eigenvalue weighted by molar-refractivity contribution is -0.111. The van der Waals surface area contributed by atoms with Crippen molar-refractivity contribution in [3.05, 3.63) is 48.1 Å². The number of fused-ring (bicyclic) bond motifs is 1. The molecular formula is C22H14B5N5O. The molecule has 0 bridgehead atoms. The number of carbonyl (C=O) groups is 1. The standard InChI is InChI=1S/C22H14B5N5O/c1-10-28-9-15(32(10)2)11-3-4-12-8-29-22(30-14(12)7-11)31-16(33)6-5-13-17(23)19(25)21(27)20(26)18(13)24/h3-9H,1-2H3,(H,29,30,31,33)/b6-5+. The highest BCUT2D eigenvalue weighted by molar-refractivity contribution is 6.67. The lowest BCUT2D eigenvalue weighted by Gasteiger charge is -2.18. The normalized spacial score (nSPS) is 11.3. The Balaban J connectivity index is 1.59. The van der Waals surface area contributed by atoms with Gasteiger partial charge in [0.25, 0.3) is 5.91 Å². The second kappa shape index (κ2) is 8.81. The number of hydrogen-bond acceptors (Lipinski definition) is 4. The van der Waals surface area contributed by atoms with Crippen LogP contribution >= 0.6 is 0 Å². The fourth-order valence-electron chi connectivity index (χ4n) is 3.37. The van der Waals surface area contributed by atoms with Crippen LogP contribution in [0.1, 0.15) is 11.4 Å². The molecule has 0 fully saturated rings. The molecule has 2 aromatic heterocycles. The van der Waals surface area contributed by atoms with E-state index in [4.69, 9.17) is 39.2 Å². The summed E-state index contributed by atoms with van der Waals surface area (Å²) < 4.78 is 1.99. The van der Waals surface area contributed by atoms with Crippen LogP contribution < -0.4 is 32.6 Å². The van der Waals surface area contributed by atoms with Crippen molar-refractivity contribution in [2.24, 2.45) is 7.05 Å². The summed E-state index contributed by atoms with van der Waals surface area (Å²) in [6.07, 6.45) is 6.09. The highest BCUT2D eigenvalue weighted by Gasteiger charge is 2.10. The zero-order valence-corrected chi connectivity index (χ0v) is 18.1. The number of amides is 1. The highest BCUT2D eigenvalue weighted by atomic mass is 16.1. The van der Waals surface area contributed by atoms with Crippen molar-refractivity contribution in [3.63, 3.8) is 0 Å². The Hall–Kier alpha value is -3.48. The molecule has 0 spiro atoms. The molecule has 0 atom stereocenters. The molecule has 0 unspecified atom stereocenters. The molecule has 0 aliphatic heterocycles. The number of benzene rings is 2. The van der Waals surface area contributed by atoms with Gasteiger partial charge in [-0.1, -0.05) is 29.1 Å². The van der Waals surface area contributed by atoms with Gasteiger partial charge in [0, 0.05) is 30.3 Å². The zero-order chi connectivity index (χ0) is 23.9. The number of aryl methyl sites for hydroxylation is 1. The first-order chi connectivity index (χ1) is 15.7. The Labute approximate surface area is 198 Å². The van der Waals surface area contributed by atoms with E-state index in [1.807, 2.05) is 36.7 Å². The molecule has 2 heterocycles. The Morgan fingerprint density at radius 3 is 2.27 bits per heavy atom. The summed E-state index contributed by atoms with van der Waals surface area (Å²) in [7, 11) is 31.4. The van der Waals surface area contributed by atoms with Crippen molar-refractivity contribution in [1.82, 2.24) is 19.5 Å². The molecule has 1 N–H and O–H groups in total. The molecule has 0 aliphatic carbocycles. The minimum absolute atomic E-state index is 0.108. The van der Waals surface area contributed by atoms with Crippen LogP contribution in [0.15, 0.2) is 36.7 Å². The molecule has 6 nitrogen and oxygen atoms in total. The largest absolute Gasteiger partial charge is 0.331 e. The monoisotopic (exact) mass is 419 g/mol. The number of hydrogen-bond donors (Lipinski definition) is 1. The van der Waals surface area contributed by atoms with Gasteiger partial charge in [-0.2, -0.15) is 0 Å². The predicted molar refractivity (Wildman–Crippen MR) is 138 cm³/mol. The van der Waals surface area contributed by atoms with E-state index < -0.39 is 5.91 Å². The summed E-state index contributed by atoms with van der Waals surface area (Å²) in [4.78, 5) is 25.4. The van der Waals surface area contributed by atoms with Crippen LogP contribution in [0, 0.1) is 6.92 Å². The second-order valence-electron chi connectivity index (χ2n) is 7.52. The maximum absolute atomic E-state index is 12.5. The number of aromatic nitrogens is 4. The van der Waals surface area contributed by atoms with Gasteiger partial charge in [-0.25, -0.2) is 15.0 Å². The molecule has 148 valence electrons. The molecule has 1 amide bonds. The zero-order valence-electron chi connectivity index (χ0n) is 18.1. The average Bonchev–Trinajstić information content (AvgIpc) is 3.14. The third-order valence-corrected chi connectivity index (χ3v) is 5.48. The summed E-state index contributed by atoms with van der Waals surface area (Å²) in [6, 6.07) is 5.81. The van der Waals surface area contributed by atoms with Crippen molar-refractivity contribution in [2.45, 2.75) is 6.92 Å². The fraction of sp³-hybridized carbons (Fsp3) is 0.0909. The van der Waals surface area contributed by atoms with E-state index in [0.717, 1.165) is 22.5 Å². The number of anilines is 1. The molecule has 4 aromatic rings. The van der Waals surface area contributed by atoms with Gasteiger partial charge < -0.3 is 4.57 Å². The average molecular weight is 418 g/mol. The molecule has 0 saturated heterocycles. The number of imidazole rings is 1. The van der Waals surface area contributed by atoms with E-state index in [1.54, 1.807) is 12.4 Å². The number of rotatable bonds is 4. The van der Waals surface area contributed by atoms with Crippen molar-refractivity contribution < 1.29 is 4.79 Å². The summed E-state index contributed by atoms with van der Waals surface area (Å²) in [5.41, 5.74) is 3.50. The maximum atomic E-state index is 12.5. The van der Waals surface area contributed by atoms with Crippen molar-refractivity contribution in [2.75, 3.05) is 5.32 Å². The van der Waals surface area contributed by atoms with Gasteiger partial charge in [-0.05, 0) is 18.6 Å². The Morgan fingerprint density at radius 2 is 1.64 bits per heavy atom. The summed E-state index contributed by atoms with van der Waals surface area (Å²) in [5.74, 6) is 0.562. The van der Waals surface area contributed by atoms with E-state index in [0.29, 0.717) is 11.1 Å². The highest BCUT2D eigenvalue weighted by Crippen LogP contribution is 2.24. The van der Waals surface area contributed by atoms with Crippen LogP contribution in [-0.2, 0) is 11.8 Å². The van der Waals surface area contributed by atoms with Crippen LogP contribution in [-0.4, -0.2) is 64.7 Å². The molecule has 0 aliphatic rings. The van der Waals surface area contributed by atoms with Crippen molar-refractivity contribution >= 4 is 95.4 Å². The predicted octanol–water partition coefficient (Wildman–Crippen LogP) is -2.04. The topological polar surface area (TPSA) is 72.7 Å². The Bertz CT molecular complexity index is 1420. The Morgan fingerprint density at radius 1 is 0.970 bits per heavy atom. The first-order valence-electron chi connectivity index (χ1n) is 9.93. The lowest BCUT2D eigenvalue weighted by Crippen LogP contribution is -2.55. The minimum atomic E-state index is -0.486. The van der Waals surface area contributed by atoms with Crippen molar-refractivity contribution in [3.8, 4) is 11.3 Å². The van der Waals surface area contributed by atoms with Crippen molar-refractivity contribution in [1.29, 1.82) is 0 Å². The third-order valence-electron chi connectivity index (χ3n) is 5.48. The molecular weight excluding hydrogens is 404 g/mol. The van der Waals surface area contributed by atoms with Gasteiger partial charge in [-0.15, -0.1) is 16.4 Å². The van der Waals surface area contributed by atoms with Gasteiger partial charge in [0.2, 0.25) is 5.95 Å². The van der Waals surface area contributed by atoms with Gasteiger partial charge in [-0.3, -0.25) is 10.1 Å². The fourth-order valence-corrected chi connectivity index (χ4v) is 3.37. The van der Waals surface area contributed by atoms with Crippen LogP contribution in [0.3, 0.4) is 0 Å². The SMILES string of the molecule is [B]c1c([B])c([B])c(/C=C/C(=O)Nc2ncc3ccc(-c4cnc(C)n4C)cc3n2)c([B])c1[B]. The quantitative estimate of drug-likeness (QED) is 0.306. The van der Waals surface area contributed by atoms with Crippen LogP contribution in [0.25, 0.3) is 28.2 Å². The first-order valence-corrected chi connectivity index (χ1v) is 9.93.